The molecule has 0 aliphatic heterocycles. The number of hydrogen-bond acceptors (Lipinski definition) is 2. The summed E-state index contributed by atoms with van der Waals surface area (Å²) in [6.07, 6.45) is 2.09. The lowest BCUT2D eigenvalue weighted by atomic mass is 9.95. The van der Waals surface area contributed by atoms with E-state index in [1.807, 2.05) is 37.3 Å². The maximum Gasteiger partial charge on any atom is 0.312 e. The number of nitrogens with zero attached hydrogens (tertiary/aromatic N) is 1. The maximum absolute atomic E-state index is 11.3. The Morgan fingerprint density at radius 3 is 2.50 bits per heavy atom. The average molecular weight is 241 g/mol. The first-order chi connectivity index (χ1) is 8.66. The first-order valence-corrected chi connectivity index (χ1v) is 5.86. The third kappa shape index (κ3) is 2.94. The summed E-state index contributed by atoms with van der Waals surface area (Å²) in [7, 11) is 0. The van der Waals surface area contributed by atoms with Gasteiger partial charge in [0.25, 0.3) is 0 Å². The van der Waals surface area contributed by atoms with Gasteiger partial charge in [0.05, 0.1) is 5.69 Å². The van der Waals surface area contributed by atoms with E-state index in [0.29, 0.717) is 12.1 Å². The summed E-state index contributed by atoms with van der Waals surface area (Å²) in [5.41, 5.74) is 2.78. The van der Waals surface area contributed by atoms with E-state index in [2.05, 4.69) is 4.98 Å². The van der Waals surface area contributed by atoms with Crippen LogP contribution in [0.1, 0.15) is 22.7 Å². The van der Waals surface area contributed by atoms with Crippen LogP contribution in [0.2, 0.25) is 0 Å². The van der Waals surface area contributed by atoms with Crippen molar-refractivity contribution in [3.05, 3.63) is 65.5 Å². The molecular formula is C15H15NO2. The lowest BCUT2D eigenvalue weighted by Crippen LogP contribution is -2.15. The minimum Gasteiger partial charge on any atom is -0.481 e. The molecule has 1 aromatic heterocycles. The Hall–Kier alpha value is -2.16. The predicted octanol–water partition coefficient (Wildman–Crippen LogP) is 2.80. The zero-order valence-corrected chi connectivity index (χ0v) is 10.2. The first-order valence-electron chi connectivity index (χ1n) is 5.86. The molecule has 18 heavy (non-hydrogen) atoms. The molecule has 1 N–H and O–H groups in total. The van der Waals surface area contributed by atoms with Gasteiger partial charge in [0.15, 0.2) is 0 Å². The molecule has 92 valence electrons. The Morgan fingerprint density at radius 1 is 1.22 bits per heavy atom. The first kappa shape index (κ1) is 12.3. The number of aromatic nitrogens is 1. The van der Waals surface area contributed by atoms with Crippen molar-refractivity contribution in [3.8, 4) is 0 Å². The van der Waals surface area contributed by atoms with E-state index in [1.54, 1.807) is 18.3 Å². The molecule has 0 amide bonds. The highest BCUT2D eigenvalue weighted by Gasteiger charge is 2.21. The van der Waals surface area contributed by atoms with Gasteiger partial charge < -0.3 is 5.11 Å². The van der Waals surface area contributed by atoms with Crippen molar-refractivity contribution in [1.82, 2.24) is 4.98 Å². The van der Waals surface area contributed by atoms with Crippen LogP contribution < -0.4 is 0 Å². The molecule has 0 fully saturated rings. The van der Waals surface area contributed by atoms with Crippen molar-refractivity contribution >= 4 is 5.97 Å². The summed E-state index contributed by atoms with van der Waals surface area (Å²) in [6, 6.07) is 13.3. The molecule has 1 unspecified atom stereocenters. The van der Waals surface area contributed by atoms with E-state index in [1.165, 1.54) is 5.56 Å². The summed E-state index contributed by atoms with van der Waals surface area (Å²) in [5, 5.41) is 9.30. The SMILES string of the molecule is Cc1ccc(CC(C(=O)O)c2ccccn2)cc1. The average Bonchev–Trinajstić information content (AvgIpc) is 2.38. The minimum absolute atomic E-state index is 0.465. The molecule has 0 aliphatic rings. The Morgan fingerprint density at radius 2 is 1.94 bits per heavy atom. The molecule has 0 saturated heterocycles. The van der Waals surface area contributed by atoms with Gasteiger partial charge in [0.2, 0.25) is 0 Å². The Balaban J connectivity index is 2.22. The fourth-order valence-corrected chi connectivity index (χ4v) is 1.86. The molecule has 0 aliphatic carbocycles. The molecular weight excluding hydrogens is 226 g/mol. The summed E-state index contributed by atoms with van der Waals surface area (Å²) in [6.45, 7) is 2.01. The van der Waals surface area contributed by atoms with Crippen molar-refractivity contribution in [1.29, 1.82) is 0 Å². The second-order valence-corrected chi connectivity index (χ2v) is 4.34. The van der Waals surface area contributed by atoms with E-state index in [0.717, 1.165) is 5.56 Å². The van der Waals surface area contributed by atoms with E-state index in [-0.39, 0.29) is 0 Å². The molecule has 2 rings (SSSR count). The predicted molar refractivity (Wildman–Crippen MR) is 69.5 cm³/mol. The van der Waals surface area contributed by atoms with Crippen molar-refractivity contribution in [3.63, 3.8) is 0 Å². The van der Waals surface area contributed by atoms with E-state index >= 15 is 0 Å². The van der Waals surface area contributed by atoms with Crippen LogP contribution in [0.4, 0.5) is 0 Å². The molecule has 1 atom stereocenters. The number of benzene rings is 1. The van der Waals surface area contributed by atoms with Crippen LogP contribution in [0.3, 0.4) is 0 Å². The molecule has 3 heteroatoms. The third-order valence-electron chi connectivity index (χ3n) is 2.90. The van der Waals surface area contributed by atoms with Gasteiger partial charge in [-0.15, -0.1) is 0 Å². The second-order valence-electron chi connectivity index (χ2n) is 4.34. The van der Waals surface area contributed by atoms with E-state index < -0.39 is 11.9 Å². The zero-order valence-electron chi connectivity index (χ0n) is 10.2. The number of carboxylic acid groups (broad SMARTS) is 1. The Kier molecular flexibility index (Phi) is 3.72. The third-order valence-corrected chi connectivity index (χ3v) is 2.90. The number of carboxylic acids is 1. The summed E-state index contributed by atoms with van der Waals surface area (Å²) >= 11 is 0. The lowest BCUT2D eigenvalue weighted by molar-refractivity contribution is -0.138. The summed E-state index contributed by atoms with van der Waals surface area (Å²) < 4.78 is 0. The number of pyridine rings is 1. The molecule has 0 spiro atoms. The molecule has 2 aromatic rings. The minimum atomic E-state index is -0.839. The Labute approximate surface area is 106 Å². The van der Waals surface area contributed by atoms with Gasteiger partial charge in [-0.1, -0.05) is 35.9 Å². The fourth-order valence-electron chi connectivity index (χ4n) is 1.86. The Bertz CT molecular complexity index is 520. The zero-order chi connectivity index (χ0) is 13.0. The molecule has 1 heterocycles. The van der Waals surface area contributed by atoms with Gasteiger partial charge in [0.1, 0.15) is 5.92 Å². The topological polar surface area (TPSA) is 50.2 Å². The molecule has 0 radical (unpaired) electrons. The van der Waals surface area contributed by atoms with Gasteiger partial charge in [-0.25, -0.2) is 0 Å². The highest BCUT2D eigenvalue weighted by atomic mass is 16.4. The van der Waals surface area contributed by atoms with Crippen molar-refractivity contribution in [2.75, 3.05) is 0 Å². The highest BCUT2D eigenvalue weighted by Crippen LogP contribution is 2.19. The fraction of sp³-hybridized carbons (Fsp3) is 0.200. The van der Waals surface area contributed by atoms with Crippen molar-refractivity contribution < 1.29 is 9.90 Å². The number of carbonyl (C=O) groups is 1. The van der Waals surface area contributed by atoms with Crippen LogP contribution in [0.25, 0.3) is 0 Å². The van der Waals surface area contributed by atoms with Crippen LogP contribution in [-0.2, 0) is 11.2 Å². The van der Waals surface area contributed by atoms with Crippen LogP contribution in [-0.4, -0.2) is 16.1 Å². The summed E-state index contributed by atoms with van der Waals surface area (Å²) in [4.78, 5) is 15.5. The number of aliphatic carboxylic acids is 1. The van der Waals surface area contributed by atoms with Crippen LogP contribution in [0.5, 0.6) is 0 Å². The molecule has 0 bridgehead atoms. The molecule has 0 saturated carbocycles. The monoisotopic (exact) mass is 241 g/mol. The van der Waals surface area contributed by atoms with E-state index in [4.69, 9.17) is 0 Å². The number of aryl methyl sites for hydroxylation is 1. The highest BCUT2D eigenvalue weighted by molar-refractivity contribution is 5.75. The largest absolute Gasteiger partial charge is 0.481 e. The normalized spacial score (nSPS) is 12.1. The van der Waals surface area contributed by atoms with Crippen molar-refractivity contribution in [2.24, 2.45) is 0 Å². The van der Waals surface area contributed by atoms with Gasteiger partial charge in [-0.05, 0) is 31.0 Å². The smallest absolute Gasteiger partial charge is 0.312 e. The van der Waals surface area contributed by atoms with Gasteiger partial charge in [-0.2, -0.15) is 0 Å². The van der Waals surface area contributed by atoms with Crippen LogP contribution in [0, 0.1) is 6.92 Å². The van der Waals surface area contributed by atoms with Crippen molar-refractivity contribution in [2.45, 2.75) is 19.3 Å². The summed E-state index contributed by atoms with van der Waals surface area (Å²) in [5.74, 6) is -1.43. The molecule has 1 aromatic carbocycles. The molecule has 3 nitrogen and oxygen atoms in total. The second kappa shape index (κ2) is 5.45. The van der Waals surface area contributed by atoms with Crippen LogP contribution >= 0.6 is 0 Å². The van der Waals surface area contributed by atoms with Crippen LogP contribution in [0.15, 0.2) is 48.7 Å². The maximum atomic E-state index is 11.3. The lowest BCUT2D eigenvalue weighted by Gasteiger charge is -2.11. The quantitative estimate of drug-likeness (QED) is 0.895. The number of hydrogen-bond donors (Lipinski definition) is 1. The number of rotatable bonds is 4. The van der Waals surface area contributed by atoms with Gasteiger partial charge >= 0.3 is 5.97 Å². The standard InChI is InChI=1S/C15H15NO2/c1-11-5-7-12(8-6-11)10-13(15(17)18)14-4-2-3-9-16-14/h2-9,13H,10H2,1H3,(H,17,18). The van der Waals surface area contributed by atoms with E-state index in [9.17, 15) is 9.90 Å². The van der Waals surface area contributed by atoms with Gasteiger partial charge in [-0.3, -0.25) is 9.78 Å². The van der Waals surface area contributed by atoms with Gasteiger partial charge in [0, 0.05) is 6.20 Å².